The molecule has 152 valence electrons. The van der Waals surface area contributed by atoms with E-state index < -0.39 is 60.9 Å². The van der Waals surface area contributed by atoms with Gasteiger partial charge in [-0.05, 0) is 20.9 Å². The second kappa shape index (κ2) is 7.92. The number of rotatable bonds is 4. The maximum atomic E-state index is 10.4. The van der Waals surface area contributed by atoms with Crippen LogP contribution >= 0.6 is 0 Å². The average molecular weight is 379 g/mol. The summed E-state index contributed by atoms with van der Waals surface area (Å²) in [6, 6.07) is 0. The topological polar surface area (TPSA) is 139 Å². The first kappa shape index (κ1) is 20.3. The van der Waals surface area contributed by atoms with E-state index in [1.165, 1.54) is 0 Å². The maximum Gasteiger partial charge on any atom is 0.187 e. The molecule has 5 N–H and O–H groups in total. The number of likely N-dealkylation sites (N-methyl/N-ethyl adjacent to an activating group) is 1. The van der Waals surface area contributed by atoms with Crippen LogP contribution in [0.2, 0.25) is 0 Å². The molecule has 0 aliphatic carbocycles. The zero-order valence-corrected chi connectivity index (χ0v) is 15.1. The van der Waals surface area contributed by atoms with Crippen molar-refractivity contribution in [3.05, 3.63) is 0 Å². The maximum absolute atomic E-state index is 10.4. The van der Waals surface area contributed by atoms with E-state index >= 15 is 0 Å². The lowest BCUT2D eigenvalue weighted by Crippen LogP contribution is -2.66. The molecule has 0 bridgehead atoms. The van der Waals surface area contributed by atoms with Crippen molar-refractivity contribution in [3.8, 4) is 0 Å². The van der Waals surface area contributed by atoms with Crippen LogP contribution in [0, 0.1) is 0 Å². The largest absolute Gasteiger partial charge is 0.388 e. The molecule has 26 heavy (non-hydrogen) atoms. The summed E-state index contributed by atoms with van der Waals surface area (Å²) < 4.78 is 28.2. The molecule has 3 aliphatic rings. The van der Waals surface area contributed by atoms with Crippen LogP contribution in [-0.4, -0.2) is 108 Å². The summed E-state index contributed by atoms with van der Waals surface area (Å²) in [5.41, 5.74) is 0. The van der Waals surface area contributed by atoms with E-state index in [1.807, 2.05) is 0 Å². The van der Waals surface area contributed by atoms with Crippen LogP contribution in [0.5, 0.6) is 0 Å². The Morgan fingerprint density at radius 3 is 2.50 bits per heavy atom. The third-order valence-corrected chi connectivity index (χ3v) is 4.93. The molecule has 10 heteroatoms. The van der Waals surface area contributed by atoms with Gasteiger partial charge >= 0.3 is 0 Å². The highest BCUT2D eigenvalue weighted by Gasteiger charge is 2.52. The van der Waals surface area contributed by atoms with Crippen molar-refractivity contribution in [2.45, 2.75) is 74.8 Å². The van der Waals surface area contributed by atoms with E-state index in [2.05, 4.69) is 5.32 Å². The van der Waals surface area contributed by atoms with E-state index in [4.69, 9.17) is 23.7 Å². The van der Waals surface area contributed by atoms with Gasteiger partial charge in [-0.2, -0.15) is 0 Å². The Kier molecular flexibility index (Phi) is 6.19. The van der Waals surface area contributed by atoms with Gasteiger partial charge in [-0.1, -0.05) is 0 Å². The molecule has 0 aromatic carbocycles. The van der Waals surface area contributed by atoms with E-state index in [0.29, 0.717) is 6.54 Å². The van der Waals surface area contributed by atoms with Gasteiger partial charge in [0.25, 0.3) is 0 Å². The molecule has 9 atom stereocenters. The second-order valence-corrected chi connectivity index (χ2v) is 7.41. The molecule has 3 heterocycles. The predicted molar refractivity (Wildman–Crippen MR) is 86.1 cm³/mol. The summed E-state index contributed by atoms with van der Waals surface area (Å²) in [4.78, 5) is 0. The monoisotopic (exact) mass is 379 g/mol. The van der Waals surface area contributed by atoms with Crippen molar-refractivity contribution in [2.75, 3.05) is 26.8 Å². The molecular weight excluding hydrogens is 350 g/mol. The van der Waals surface area contributed by atoms with Crippen LogP contribution in [0.25, 0.3) is 0 Å². The Morgan fingerprint density at radius 2 is 1.81 bits per heavy atom. The number of aliphatic hydroxyl groups is 4. The van der Waals surface area contributed by atoms with Gasteiger partial charge in [-0.3, -0.25) is 0 Å². The molecule has 0 radical (unpaired) electrons. The number of aliphatic hydroxyl groups excluding tert-OH is 4. The van der Waals surface area contributed by atoms with Crippen molar-refractivity contribution < 1.29 is 44.1 Å². The second-order valence-electron chi connectivity index (χ2n) is 7.41. The summed E-state index contributed by atoms with van der Waals surface area (Å²) in [7, 11) is 1.72. The lowest BCUT2D eigenvalue weighted by atomic mass is 9.96. The Bertz CT molecular complexity index is 477. The first-order valence-electron chi connectivity index (χ1n) is 8.84. The number of fused-ring (bicyclic) bond motifs is 1. The summed E-state index contributed by atoms with van der Waals surface area (Å²) in [6.45, 7) is 3.93. The fraction of sp³-hybridized carbons (Fsp3) is 1.00. The zero-order valence-electron chi connectivity index (χ0n) is 15.1. The van der Waals surface area contributed by atoms with Crippen LogP contribution < -0.4 is 5.32 Å². The molecule has 0 amide bonds. The van der Waals surface area contributed by atoms with E-state index in [9.17, 15) is 20.4 Å². The van der Waals surface area contributed by atoms with E-state index in [0.717, 1.165) is 0 Å². The minimum atomic E-state index is -1.40. The Labute approximate surface area is 151 Å². The summed E-state index contributed by atoms with van der Waals surface area (Å²) in [5.74, 6) is -0.895. The molecule has 3 aliphatic heterocycles. The minimum absolute atomic E-state index is 0.0223. The predicted octanol–water partition coefficient (Wildman–Crippen LogP) is -2.69. The van der Waals surface area contributed by atoms with Gasteiger partial charge in [0.1, 0.15) is 42.7 Å². The molecule has 9 unspecified atom stereocenters. The lowest BCUT2D eigenvalue weighted by Gasteiger charge is -2.49. The Morgan fingerprint density at radius 1 is 1.08 bits per heavy atom. The highest BCUT2D eigenvalue weighted by Crippen LogP contribution is 2.34. The number of hydrogen-bond donors (Lipinski definition) is 5. The number of ether oxygens (including phenoxy) is 5. The normalized spacial score (nSPS) is 48.8. The summed E-state index contributed by atoms with van der Waals surface area (Å²) >= 11 is 0. The molecule has 0 aromatic rings. The van der Waals surface area contributed by atoms with Crippen molar-refractivity contribution >= 4 is 0 Å². The van der Waals surface area contributed by atoms with Crippen LogP contribution in [0.4, 0.5) is 0 Å². The Hall–Kier alpha value is -0.400. The molecule has 0 aromatic heterocycles. The quantitative estimate of drug-likeness (QED) is 0.351. The molecule has 10 nitrogen and oxygen atoms in total. The smallest absolute Gasteiger partial charge is 0.187 e. The van der Waals surface area contributed by atoms with Crippen molar-refractivity contribution in [1.29, 1.82) is 0 Å². The summed E-state index contributed by atoms with van der Waals surface area (Å²) in [5, 5.41) is 43.9. The van der Waals surface area contributed by atoms with Crippen molar-refractivity contribution in [1.82, 2.24) is 5.32 Å². The molecule has 0 spiro atoms. The third kappa shape index (κ3) is 4.04. The van der Waals surface area contributed by atoms with E-state index in [-0.39, 0.29) is 13.2 Å². The zero-order chi connectivity index (χ0) is 19.1. The van der Waals surface area contributed by atoms with Gasteiger partial charge in [-0.25, -0.2) is 0 Å². The fourth-order valence-corrected chi connectivity index (χ4v) is 3.50. The SMILES string of the molecule is CNCC1OCC(O)C(O)C1OC1OC2COC(C)(C)OC2C(O)C1O. The highest BCUT2D eigenvalue weighted by molar-refractivity contribution is 4.95. The van der Waals surface area contributed by atoms with Gasteiger partial charge < -0.3 is 49.4 Å². The minimum Gasteiger partial charge on any atom is -0.388 e. The van der Waals surface area contributed by atoms with Gasteiger partial charge in [-0.15, -0.1) is 0 Å². The number of nitrogens with one attached hydrogen (secondary N) is 1. The van der Waals surface area contributed by atoms with Gasteiger partial charge in [0.05, 0.1) is 19.3 Å². The van der Waals surface area contributed by atoms with Crippen LogP contribution in [0.15, 0.2) is 0 Å². The fourth-order valence-electron chi connectivity index (χ4n) is 3.50. The number of hydrogen-bond acceptors (Lipinski definition) is 10. The molecular formula is C16H29NO9. The van der Waals surface area contributed by atoms with Crippen LogP contribution in [0.1, 0.15) is 13.8 Å². The van der Waals surface area contributed by atoms with Crippen molar-refractivity contribution in [3.63, 3.8) is 0 Å². The van der Waals surface area contributed by atoms with Crippen molar-refractivity contribution in [2.24, 2.45) is 0 Å². The molecule has 0 saturated carbocycles. The van der Waals surface area contributed by atoms with Crippen LogP contribution in [0.3, 0.4) is 0 Å². The van der Waals surface area contributed by atoms with Crippen LogP contribution in [-0.2, 0) is 23.7 Å². The third-order valence-electron chi connectivity index (χ3n) is 4.93. The molecule has 3 fully saturated rings. The standard InChI is InChI=1S/C16H29NO9/c1-16(2)23-6-9-14(26-16)11(20)12(21)15(24-9)25-13-8(4-17-3)22-5-7(18)10(13)19/h7-15,17-21H,4-6H2,1-3H3. The van der Waals surface area contributed by atoms with E-state index in [1.54, 1.807) is 20.9 Å². The highest BCUT2D eigenvalue weighted by atomic mass is 16.8. The van der Waals surface area contributed by atoms with Gasteiger partial charge in [0.2, 0.25) is 0 Å². The average Bonchev–Trinajstić information content (AvgIpc) is 2.59. The molecule has 3 saturated heterocycles. The van der Waals surface area contributed by atoms with Gasteiger partial charge in [0.15, 0.2) is 12.1 Å². The summed E-state index contributed by atoms with van der Waals surface area (Å²) in [6.07, 6.45) is -9.12. The Balaban J connectivity index is 1.70. The lowest BCUT2D eigenvalue weighted by molar-refractivity contribution is -0.392. The first-order valence-corrected chi connectivity index (χ1v) is 8.84. The van der Waals surface area contributed by atoms with Gasteiger partial charge in [0, 0.05) is 6.54 Å². The molecule has 3 rings (SSSR count). The first-order chi connectivity index (χ1) is 12.2.